The highest BCUT2D eigenvalue weighted by atomic mass is 16.3. The van der Waals surface area contributed by atoms with Crippen LogP contribution in [0, 0.1) is 0 Å². The van der Waals surface area contributed by atoms with Crippen LogP contribution in [0.15, 0.2) is 120 Å². The topological polar surface area (TPSA) is 25.2 Å². The van der Waals surface area contributed by atoms with Crippen LogP contribution in [0.3, 0.4) is 0 Å². The molecular weight excluding hydrogens is 438 g/mol. The Morgan fingerprint density at radius 3 is 2.31 bits per heavy atom. The van der Waals surface area contributed by atoms with E-state index in [0.29, 0.717) is 5.56 Å². The molecule has 0 aliphatic carbocycles. The van der Waals surface area contributed by atoms with Crippen LogP contribution in [0.4, 0.5) is 11.4 Å². The SMILES string of the molecule is [2H]c1c([2H])c([2H])c(-c2cccc(Nc3cc(-c4ccccc4C(C)(C)C)cc4oc5ccccc5c34)c2)c([2H])c1[2H]. The van der Waals surface area contributed by atoms with Gasteiger partial charge in [-0.2, -0.15) is 0 Å². The second-order valence-electron chi connectivity index (χ2n) is 10.00. The van der Waals surface area contributed by atoms with E-state index in [1.807, 2.05) is 48.5 Å². The molecule has 1 N–H and O–H groups in total. The fourth-order valence-corrected chi connectivity index (χ4v) is 4.80. The number of nitrogens with one attached hydrogen (secondary N) is 1. The fraction of sp³-hybridized carbons (Fsp3) is 0.118. The van der Waals surface area contributed by atoms with Crippen molar-refractivity contribution in [2.45, 2.75) is 26.2 Å². The second kappa shape index (κ2) is 8.73. The number of fused-ring (bicyclic) bond motifs is 3. The van der Waals surface area contributed by atoms with Crippen molar-refractivity contribution in [3.8, 4) is 22.3 Å². The quantitative estimate of drug-likeness (QED) is 0.276. The number of anilines is 2. The average Bonchev–Trinajstić information content (AvgIpc) is 3.34. The summed E-state index contributed by atoms with van der Waals surface area (Å²) in [5.41, 5.74) is 7.14. The first kappa shape index (κ1) is 17.2. The number of hydrogen-bond acceptors (Lipinski definition) is 2. The third-order valence-corrected chi connectivity index (χ3v) is 6.45. The van der Waals surface area contributed by atoms with Gasteiger partial charge in [0, 0.05) is 11.1 Å². The van der Waals surface area contributed by atoms with Gasteiger partial charge >= 0.3 is 0 Å². The summed E-state index contributed by atoms with van der Waals surface area (Å²) in [6.45, 7) is 6.61. The molecule has 1 heterocycles. The van der Waals surface area contributed by atoms with Crippen LogP contribution in [-0.2, 0) is 5.41 Å². The molecule has 0 bridgehead atoms. The zero-order valence-electron chi connectivity index (χ0n) is 25.5. The Morgan fingerprint density at radius 2 is 1.47 bits per heavy atom. The molecule has 5 aromatic carbocycles. The molecule has 1 aromatic heterocycles. The van der Waals surface area contributed by atoms with Crippen molar-refractivity contribution < 1.29 is 11.3 Å². The first-order valence-corrected chi connectivity index (χ1v) is 12.0. The van der Waals surface area contributed by atoms with Crippen molar-refractivity contribution >= 4 is 33.3 Å². The minimum Gasteiger partial charge on any atom is -0.456 e. The van der Waals surface area contributed by atoms with Gasteiger partial charge in [-0.25, -0.2) is 0 Å². The van der Waals surface area contributed by atoms with Gasteiger partial charge in [-0.15, -0.1) is 0 Å². The summed E-state index contributed by atoms with van der Waals surface area (Å²) in [5.74, 6) is 0. The van der Waals surface area contributed by atoms with E-state index in [4.69, 9.17) is 11.3 Å². The highest BCUT2D eigenvalue weighted by Crippen LogP contribution is 2.41. The van der Waals surface area contributed by atoms with Crippen LogP contribution in [0.2, 0.25) is 0 Å². The summed E-state index contributed by atoms with van der Waals surface area (Å²) in [6, 6.07) is 26.3. The molecule has 2 nitrogen and oxygen atoms in total. The van der Waals surface area contributed by atoms with Crippen LogP contribution in [0.25, 0.3) is 44.2 Å². The molecule has 0 fully saturated rings. The van der Waals surface area contributed by atoms with Crippen molar-refractivity contribution in [3.63, 3.8) is 0 Å². The van der Waals surface area contributed by atoms with Crippen LogP contribution < -0.4 is 5.32 Å². The minimum absolute atomic E-state index is 0.0642. The molecule has 6 rings (SSSR count). The van der Waals surface area contributed by atoms with E-state index in [-0.39, 0.29) is 35.1 Å². The summed E-state index contributed by atoms with van der Waals surface area (Å²) >= 11 is 0. The molecule has 0 radical (unpaired) electrons. The fourth-order valence-electron chi connectivity index (χ4n) is 4.80. The zero-order chi connectivity index (χ0) is 29.1. The number of para-hydroxylation sites is 1. The van der Waals surface area contributed by atoms with E-state index in [0.717, 1.165) is 44.4 Å². The van der Waals surface area contributed by atoms with Gasteiger partial charge in [0.1, 0.15) is 11.2 Å². The number of benzene rings is 5. The lowest BCUT2D eigenvalue weighted by molar-refractivity contribution is 0.592. The van der Waals surface area contributed by atoms with Crippen molar-refractivity contribution in [1.82, 2.24) is 0 Å². The van der Waals surface area contributed by atoms with E-state index in [9.17, 15) is 0 Å². The maximum Gasteiger partial charge on any atom is 0.138 e. The average molecular weight is 473 g/mol. The Morgan fingerprint density at radius 1 is 0.694 bits per heavy atom. The summed E-state index contributed by atoms with van der Waals surface area (Å²) in [5, 5.41) is 5.51. The molecule has 0 saturated carbocycles. The minimum atomic E-state index is -0.403. The van der Waals surface area contributed by atoms with E-state index >= 15 is 0 Å². The normalized spacial score (nSPS) is 13.7. The molecular formula is C34H29NO. The summed E-state index contributed by atoms with van der Waals surface area (Å²) < 4.78 is 47.3. The van der Waals surface area contributed by atoms with Crippen molar-refractivity contribution in [2.75, 3.05) is 5.32 Å². The maximum atomic E-state index is 8.43. The van der Waals surface area contributed by atoms with Gasteiger partial charge in [-0.1, -0.05) is 106 Å². The molecule has 0 aliphatic heterocycles. The van der Waals surface area contributed by atoms with Crippen LogP contribution in [-0.4, -0.2) is 0 Å². The van der Waals surface area contributed by atoms with Crippen molar-refractivity contribution in [1.29, 1.82) is 0 Å². The molecule has 0 spiro atoms. The molecule has 0 amide bonds. The van der Waals surface area contributed by atoms with Crippen LogP contribution >= 0.6 is 0 Å². The van der Waals surface area contributed by atoms with Gasteiger partial charge in [0.15, 0.2) is 0 Å². The molecule has 0 atom stereocenters. The molecule has 2 heteroatoms. The number of furan rings is 1. The predicted molar refractivity (Wildman–Crippen MR) is 153 cm³/mol. The highest BCUT2D eigenvalue weighted by molar-refractivity contribution is 6.13. The monoisotopic (exact) mass is 472 g/mol. The van der Waals surface area contributed by atoms with Crippen LogP contribution in [0.1, 0.15) is 33.2 Å². The maximum absolute atomic E-state index is 8.43. The first-order valence-electron chi connectivity index (χ1n) is 14.5. The van der Waals surface area contributed by atoms with E-state index in [2.05, 4.69) is 56.4 Å². The molecule has 0 aliphatic rings. The first-order chi connectivity index (χ1) is 19.5. The number of hydrogen-bond donors (Lipinski definition) is 1. The van der Waals surface area contributed by atoms with E-state index < -0.39 is 6.04 Å². The van der Waals surface area contributed by atoms with E-state index in [1.165, 1.54) is 5.56 Å². The van der Waals surface area contributed by atoms with Gasteiger partial charge in [0.2, 0.25) is 0 Å². The summed E-state index contributed by atoms with van der Waals surface area (Å²) in [6.07, 6.45) is 0. The molecule has 0 unspecified atom stereocenters. The lowest BCUT2D eigenvalue weighted by Crippen LogP contribution is -2.12. The Labute approximate surface area is 219 Å². The summed E-state index contributed by atoms with van der Waals surface area (Å²) in [7, 11) is 0. The zero-order valence-corrected chi connectivity index (χ0v) is 20.5. The predicted octanol–water partition coefficient (Wildman–Crippen LogP) is 9.96. The Bertz CT molecular complexity index is 1940. The largest absolute Gasteiger partial charge is 0.456 e. The third-order valence-electron chi connectivity index (χ3n) is 6.45. The summed E-state index contributed by atoms with van der Waals surface area (Å²) in [4.78, 5) is 0. The van der Waals surface area contributed by atoms with Gasteiger partial charge in [-0.05, 0) is 63.6 Å². The smallest absolute Gasteiger partial charge is 0.138 e. The Hall–Kier alpha value is -4.30. The molecule has 36 heavy (non-hydrogen) atoms. The Kier molecular flexibility index (Phi) is 4.17. The molecule has 176 valence electrons. The van der Waals surface area contributed by atoms with Crippen LogP contribution in [0.5, 0.6) is 0 Å². The molecule has 0 saturated heterocycles. The lowest BCUT2D eigenvalue weighted by Gasteiger charge is -2.23. The standard InChI is InChI=1S/C34H29NO/c1-34(2,3)29-18-9-7-16-27(29)25-21-30(33-28-17-8-10-19-31(28)36-32(33)22-25)35-26-15-11-14-24(20-26)23-12-5-4-6-13-23/h4-22,35H,1-3H3/i4D,5D,6D,12D,13D. The van der Waals surface area contributed by atoms with E-state index in [1.54, 1.807) is 6.07 Å². The van der Waals surface area contributed by atoms with Gasteiger partial charge < -0.3 is 9.73 Å². The van der Waals surface area contributed by atoms with Gasteiger partial charge in [0.05, 0.1) is 17.9 Å². The van der Waals surface area contributed by atoms with Crippen molar-refractivity contribution in [3.05, 3.63) is 121 Å². The Balaban J connectivity index is 1.54. The van der Waals surface area contributed by atoms with Gasteiger partial charge in [0.25, 0.3) is 0 Å². The van der Waals surface area contributed by atoms with Crippen molar-refractivity contribution in [2.24, 2.45) is 0 Å². The molecule has 6 aromatic rings. The van der Waals surface area contributed by atoms with Gasteiger partial charge in [-0.3, -0.25) is 0 Å². The second-order valence-corrected chi connectivity index (χ2v) is 10.00. The highest BCUT2D eigenvalue weighted by Gasteiger charge is 2.20. The third kappa shape index (κ3) is 4.05. The lowest BCUT2D eigenvalue weighted by atomic mass is 9.81. The number of rotatable bonds is 4.